The Labute approximate surface area is 127 Å². The van der Waals surface area contributed by atoms with Gasteiger partial charge in [0.1, 0.15) is 5.75 Å². The first-order valence-corrected chi connectivity index (χ1v) is 7.97. The number of amides is 1. The molecule has 2 N–H and O–H groups in total. The first-order chi connectivity index (χ1) is 10.2. The average Bonchev–Trinajstić information content (AvgIpc) is 2.81. The van der Waals surface area contributed by atoms with Gasteiger partial charge in [0.25, 0.3) is 5.91 Å². The topological polar surface area (TPSA) is 55.6 Å². The molecule has 2 rings (SSSR count). The molecule has 4 nitrogen and oxygen atoms in total. The Morgan fingerprint density at radius 3 is 2.38 bits per heavy atom. The van der Waals surface area contributed by atoms with Gasteiger partial charge in [-0.15, -0.1) is 0 Å². The molecule has 0 radical (unpaired) electrons. The number of rotatable bonds is 5. The second kappa shape index (κ2) is 8.03. The van der Waals surface area contributed by atoms with Crippen LogP contribution in [-0.4, -0.2) is 30.5 Å². The van der Waals surface area contributed by atoms with Crippen molar-refractivity contribution in [1.29, 1.82) is 0 Å². The van der Waals surface area contributed by atoms with E-state index in [1.165, 1.54) is 12.8 Å². The number of likely N-dealkylation sites (tertiary alicyclic amines) is 1. The minimum atomic E-state index is 0.0674. The van der Waals surface area contributed by atoms with Gasteiger partial charge >= 0.3 is 0 Å². The molecule has 0 bridgehead atoms. The summed E-state index contributed by atoms with van der Waals surface area (Å²) in [6.07, 6.45) is 5.58. The van der Waals surface area contributed by atoms with E-state index in [2.05, 4.69) is 6.92 Å². The fraction of sp³-hybridized carbons (Fsp3) is 0.588. The summed E-state index contributed by atoms with van der Waals surface area (Å²) in [5, 5.41) is 0. The van der Waals surface area contributed by atoms with Crippen molar-refractivity contribution in [1.82, 2.24) is 4.90 Å². The van der Waals surface area contributed by atoms with Gasteiger partial charge in [0, 0.05) is 19.1 Å². The summed E-state index contributed by atoms with van der Waals surface area (Å²) in [7, 11) is 0. The van der Waals surface area contributed by atoms with E-state index < -0.39 is 0 Å². The largest absolute Gasteiger partial charge is 0.484 e. The van der Waals surface area contributed by atoms with Crippen LogP contribution in [0.2, 0.25) is 0 Å². The molecule has 0 aliphatic carbocycles. The Kier molecular flexibility index (Phi) is 6.05. The van der Waals surface area contributed by atoms with Gasteiger partial charge in [0.2, 0.25) is 0 Å². The highest BCUT2D eigenvalue weighted by Crippen LogP contribution is 2.18. The summed E-state index contributed by atoms with van der Waals surface area (Å²) in [5.74, 6) is 0.816. The number of benzene rings is 1. The molecule has 1 atom stereocenters. The van der Waals surface area contributed by atoms with Crippen LogP contribution in [0, 0.1) is 0 Å². The van der Waals surface area contributed by atoms with Crippen molar-refractivity contribution in [2.45, 2.75) is 45.1 Å². The van der Waals surface area contributed by atoms with E-state index in [0.29, 0.717) is 0 Å². The van der Waals surface area contributed by atoms with E-state index in [1.807, 2.05) is 29.2 Å². The lowest BCUT2D eigenvalue weighted by atomic mass is 10.1. The van der Waals surface area contributed by atoms with Crippen LogP contribution in [0.25, 0.3) is 0 Å². The Balaban J connectivity index is 1.83. The molecule has 1 fully saturated rings. The summed E-state index contributed by atoms with van der Waals surface area (Å²) < 4.78 is 5.60. The number of nitrogens with zero attached hydrogens (tertiary/aromatic N) is 1. The van der Waals surface area contributed by atoms with Gasteiger partial charge < -0.3 is 15.4 Å². The van der Waals surface area contributed by atoms with Crippen LogP contribution >= 0.6 is 0 Å². The van der Waals surface area contributed by atoms with Gasteiger partial charge in [-0.1, -0.05) is 31.9 Å². The van der Waals surface area contributed by atoms with E-state index in [4.69, 9.17) is 10.5 Å². The van der Waals surface area contributed by atoms with Crippen LogP contribution in [0.15, 0.2) is 24.3 Å². The second-order valence-corrected chi connectivity index (χ2v) is 5.67. The molecule has 0 spiro atoms. The standard InChI is InChI=1S/C17H26N2O2/c1-2-16(18)14-7-9-15(10-8-14)21-13-17(20)19-11-5-3-4-6-12-19/h7-10,16H,2-6,11-13,18H2,1H3/t16-/m1/s1. The maximum absolute atomic E-state index is 12.1. The van der Waals surface area contributed by atoms with Crippen LogP contribution < -0.4 is 10.5 Å². The number of hydrogen-bond acceptors (Lipinski definition) is 3. The predicted octanol–water partition coefficient (Wildman–Crippen LogP) is 2.88. The number of carbonyl (C=O) groups is 1. The summed E-state index contributed by atoms with van der Waals surface area (Å²) in [4.78, 5) is 14.1. The van der Waals surface area contributed by atoms with Gasteiger partial charge in [-0.25, -0.2) is 0 Å². The average molecular weight is 290 g/mol. The van der Waals surface area contributed by atoms with Crippen molar-refractivity contribution >= 4 is 5.91 Å². The summed E-state index contributed by atoms with van der Waals surface area (Å²) in [6.45, 7) is 3.92. The molecule has 1 aliphatic heterocycles. The normalized spacial score (nSPS) is 17.1. The molecule has 116 valence electrons. The van der Waals surface area contributed by atoms with Gasteiger partial charge in [0.05, 0.1) is 0 Å². The van der Waals surface area contributed by atoms with Crippen molar-refractivity contribution in [3.63, 3.8) is 0 Å². The first kappa shape index (κ1) is 15.8. The maximum atomic E-state index is 12.1. The lowest BCUT2D eigenvalue weighted by molar-refractivity contribution is -0.133. The van der Waals surface area contributed by atoms with E-state index in [9.17, 15) is 4.79 Å². The highest BCUT2D eigenvalue weighted by molar-refractivity contribution is 5.77. The highest BCUT2D eigenvalue weighted by atomic mass is 16.5. The van der Waals surface area contributed by atoms with Crippen LogP contribution in [0.4, 0.5) is 0 Å². The van der Waals surface area contributed by atoms with Crippen molar-refractivity contribution in [2.24, 2.45) is 5.73 Å². The molecule has 0 aromatic heterocycles. The van der Waals surface area contributed by atoms with Gasteiger partial charge in [-0.2, -0.15) is 0 Å². The smallest absolute Gasteiger partial charge is 0.260 e. The maximum Gasteiger partial charge on any atom is 0.260 e. The van der Waals surface area contributed by atoms with Crippen molar-refractivity contribution in [2.75, 3.05) is 19.7 Å². The zero-order valence-electron chi connectivity index (χ0n) is 12.9. The second-order valence-electron chi connectivity index (χ2n) is 5.67. The van der Waals surface area contributed by atoms with E-state index in [1.54, 1.807) is 0 Å². The Bertz CT molecular complexity index is 437. The van der Waals surface area contributed by atoms with Crippen molar-refractivity contribution in [3.05, 3.63) is 29.8 Å². The molecule has 1 aromatic rings. The Hall–Kier alpha value is -1.55. The molecule has 1 aliphatic rings. The minimum absolute atomic E-state index is 0.0674. The molecule has 4 heteroatoms. The zero-order chi connectivity index (χ0) is 15.1. The lowest BCUT2D eigenvalue weighted by Crippen LogP contribution is -2.35. The quantitative estimate of drug-likeness (QED) is 0.907. The summed E-state index contributed by atoms with van der Waals surface area (Å²) in [5.41, 5.74) is 7.08. The zero-order valence-corrected chi connectivity index (χ0v) is 12.9. The number of ether oxygens (including phenoxy) is 1. The van der Waals surface area contributed by atoms with Gasteiger partial charge in [-0.3, -0.25) is 4.79 Å². The van der Waals surface area contributed by atoms with E-state index in [-0.39, 0.29) is 18.6 Å². The lowest BCUT2D eigenvalue weighted by Gasteiger charge is -2.20. The molecule has 1 amide bonds. The third-order valence-corrected chi connectivity index (χ3v) is 4.07. The summed E-state index contributed by atoms with van der Waals surface area (Å²) in [6, 6.07) is 7.79. The van der Waals surface area contributed by atoms with Crippen LogP contribution in [0.3, 0.4) is 0 Å². The van der Waals surface area contributed by atoms with Gasteiger partial charge in [-0.05, 0) is 37.0 Å². The third-order valence-electron chi connectivity index (χ3n) is 4.07. The van der Waals surface area contributed by atoms with Crippen LogP contribution in [0.1, 0.15) is 50.6 Å². The number of nitrogens with two attached hydrogens (primary N) is 1. The molecular weight excluding hydrogens is 264 g/mol. The minimum Gasteiger partial charge on any atom is -0.484 e. The molecule has 1 saturated heterocycles. The third kappa shape index (κ3) is 4.74. The monoisotopic (exact) mass is 290 g/mol. The van der Waals surface area contributed by atoms with Crippen molar-refractivity contribution < 1.29 is 9.53 Å². The fourth-order valence-corrected chi connectivity index (χ4v) is 2.60. The Morgan fingerprint density at radius 2 is 1.81 bits per heavy atom. The number of hydrogen-bond donors (Lipinski definition) is 1. The molecule has 1 heterocycles. The Morgan fingerprint density at radius 1 is 1.19 bits per heavy atom. The molecular formula is C17H26N2O2. The first-order valence-electron chi connectivity index (χ1n) is 7.97. The van der Waals surface area contributed by atoms with E-state index >= 15 is 0 Å². The predicted molar refractivity (Wildman–Crippen MR) is 84.2 cm³/mol. The SMILES string of the molecule is CC[C@@H](N)c1ccc(OCC(=O)N2CCCCCC2)cc1. The fourth-order valence-electron chi connectivity index (χ4n) is 2.60. The molecule has 1 aromatic carbocycles. The van der Waals surface area contributed by atoms with Crippen LogP contribution in [-0.2, 0) is 4.79 Å². The van der Waals surface area contributed by atoms with Crippen molar-refractivity contribution in [3.8, 4) is 5.75 Å². The molecule has 21 heavy (non-hydrogen) atoms. The summed E-state index contributed by atoms with van der Waals surface area (Å²) >= 11 is 0. The molecule has 0 unspecified atom stereocenters. The van der Waals surface area contributed by atoms with Crippen LogP contribution in [0.5, 0.6) is 5.75 Å². The highest BCUT2D eigenvalue weighted by Gasteiger charge is 2.15. The number of carbonyl (C=O) groups excluding carboxylic acids is 1. The molecule has 0 saturated carbocycles. The van der Waals surface area contributed by atoms with Gasteiger partial charge in [0.15, 0.2) is 6.61 Å². The van der Waals surface area contributed by atoms with E-state index in [0.717, 1.165) is 43.7 Å².